The molecule has 2 fully saturated rings. The van der Waals surface area contributed by atoms with Crippen LogP contribution in [0.3, 0.4) is 0 Å². The monoisotopic (exact) mass is 1310 g/mol. The van der Waals surface area contributed by atoms with Gasteiger partial charge in [-0.3, -0.25) is 67.3 Å². The molecule has 0 saturated carbocycles. The average Bonchev–Trinajstić information content (AvgIpc) is 1.68. The number of nitrogens with two attached hydrogens (primary N) is 7. The number of hydrogen-bond donors (Lipinski definition) is 15. The summed E-state index contributed by atoms with van der Waals surface area (Å²) in [4.78, 5) is 184. The Morgan fingerprint density at radius 3 is 1.57 bits per heavy atom. The van der Waals surface area contributed by atoms with E-state index in [4.69, 9.17) is 40.1 Å². The van der Waals surface area contributed by atoms with Crippen LogP contribution >= 0.6 is 11.8 Å². The normalized spacial score (nSPS) is 17.1. The van der Waals surface area contributed by atoms with Crippen molar-refractivity contribution in [2.45, 2.75) is 197 Å². The molecule has 0 aliphatic carbocycles. The summed E-state index contributed by atoms with van der Waals surface area (Å²) in [6, 6.07) is -3.80. The molecule has 10 atom stereocenters. The number of guanidine groups is 1. The standard InChI is InChI=1S/C60H100N18O13S/c1-34(2)30-42(51(83)69-33-49(81)70-43(31-35(3)4)54(86)71-38(50(65)82)24-29-92-5)75-55(87)44(32-36-14-7-6-8-15-36)76-53(85)39(20-22-47(63)79)72-52(84)40(21-23-48(64)80)73-56(88)46-19-13-28-78(46)59(91)41(17-9-10-25-61)74-57(89)45-18-12-27-77(45)58(90)37(62)16-11-26-68-60(66)67/h6-8,14-15,34-35,37-46H,9-13,16-33,61-62H2,1-5H3,(H2,63,79)(H2,64,80)(H2,65,82)(H,69,83)(H,70,81)(H,71,86)(H,72,84)(H,73,88)(H,74,89)(H,75,87)(H,76,85)(H4,66,67,68)/t37-,38-,39-,40-,41-,42-,43-,44-,45-,46-/m0/s1. The van der Waals surface area contributed by atoms with Crippen molar-refractivity contribution in [1.82, 2.24) is 52.3 Å². The third-order valence-electron chi connectivity index (χ3n) is 15.5. The van der Waals surface area contributed by atoms with Gasteiger partial charge in [0.2, 0.25) is 76.8 Å². The molecule has 2 aliphatic heterocycles. The minimum Gasteiger partial charge on any atom is -0.370 e. The molecular formula is C60H100N18O13S. The molecule has 2 aliphatic rings. The van der Waals surface area contributed by atoms with Crippen LogP contribution in [0.5, 0.6) is 0 Å². The molecule has 2 heterocycles. The molecule has 0 unspecified atom stereocenters. The number of aliphatic imine (C=N–C) groups is 1. The van der Waals surface area contributed by atoms with Gasteiger partial charge < -0.3 is 92.5 Å². The molecule has 22 N–H and O–H groups in total. The Hall–Kier alpha value is -8.13. The van der Waals surface area contributed by atoms with Gasteiger partial charge in [-0.15, -0.1) is 0 Å². The molecule has 32 heteroatoms. The van der Waals surface area contributed by atoms with Crippen LogP contribution in [0.15, 0.2) is 35.3 Å². The van der Waals surface area contributed by atoms with Crippen molar-refractivity contribution < 1.29 is 62.3 Å². The number of primary amides is 3. The fourth-order valence-electron chi connectivity index (χ4n) is 10.7. The summed E-state index contributed by atoms with van der Waals surface area (Å²) in [5.74, 6) is -9.83. The highest BCUT2D eigenvalue weighted by atomic mass is 32.2. The number of amides is 13. The molecule has 0 aromatic heterocycles. The first-order valence-corrected chi connectivity index (χ1v) is 32.9. The third-order valence-corrected chi connectivity index (χ3v) is 16.1. The van der Waals surface area contributed by atoms with Crippen molar-refractivity contribution in [2.75, 3.05) is 44.7 Å². The van der Waals surface area contributed by atoms with E-state index in [9.17, 15) is 62.3 Å². The summed E-state index contributed by atoms with van der Waals surface area (Å²) in [5.41, 5.74) is 40.0. The summed E-state index contributed by atoms with van der Waals surface area (Å²) in [6.45, 7) is 7.48. The van der Waals surface area contributed by atoms with Crippen molar-refractivity contribution in [2.24, 2.45) is 57.0 Å². The lowest BCUT2D eigenvalue weighted by Gasteiger charge is -2.32. The van der Waals surface area contributed by atoms with Crippen LogP contribution in [-0.4, -0.2) is 198 Å². The lowest BCUT2D eigenvalue weighted by molar-refractivity contribution is -0.144. The van der Waals surface area contributed by atoms with E-state index in [1.54, 1.807) is 44.2 Å². The van der Waals surface area contributed by atoms with Gasteiger partial charge in [0.05, 0.1) is 12.6 Å². The first kappa shape index (κ1) is 78.1. The molecule has 0 bridgehead atoms. The van der Waals surface area contributed by atoms with Gasteiger partial charge in [0, 0.05) is 38.9 Å². The van der Waals surface area contributed by atoms with Gasteiger partial charge in [-0.05, 0) is 126 Å². The number of hydrogen-bond acceptors (Lipinski definition) is 17. The molecule has 0 spiro atoms. The highest BCUT2D eigenvalue weighted by Gasteiger charge is 2.42. The van der Waals surface area contributed by atoms with Gasteiger partial charge in [-0.25, -0.2) is 0 Å². The van der Waals surface area contributed by atoms with Gasteiger partial charge in [-0.1, -0.05) is 58.0 Å². The Labute approximate surface area is 542 Å². The summed E-state index contributed by atoms with van der Waals surface area (Å²) in [7, 11) is 0. The number of carbonyl (C=O) groups excluding carboxylic acids is 13. The topological polar surface area (TPSA) is 519 Å². The second-order valence-corrected chi connectivity index (χ2v) is 25.1. The maximum Gasteiger partial charge on any atom is 0.245 e. The predicted octanol–water partition coefficient (Wildman–Crippen LogP) is -3.91. The molecule has 2 saturated heterocycles. The summed E-state index contributed by atoms with van der Waals surface area (Å²) in [5, 5.41) is 21.0. The van der Waals surface area contributed by atoms with Crippen LogP contribution in [-0.2, 0) is 68.7 Å². The number of benzene rings is 1. The second kappa shape index (κ2) is 40.7. The van der Waals surface area contributed by atoms with Crippen molar-refractivity contribution in [3.63, 3.8) is 0 Å². The number of carbonyl (C=O) groups is 13. The van der Waals surface area contributed by atoms with E-state index in [0.717, 1.165) is 0 Å². The SMILES string of the molecule is CSCC[C@H](NC(=O)[C@H](CC(C)C)NC(=O)CNC(=O)[C@H](CC(C)C)NC(=O)[C@H](Cc1ccccc1)NC(=O)[C@H](CCC(N)=O)NC(=O)[C@H](CCC(N)=O)NC(=O)[C@@H]1CCCN1C(=O)[C@H](CCCCN)NC(=O)[C@@H]1CCCN1C(=O)[C@@H](N)CCCN=C(N)N)C(N)=O. The van der Waals surface area contributed by atoms with Gasteiger partial charge >= 0.3 is 0 Å². The number of unbranched alkanes of at least 4 members (excludes halogenated alkanes) is 1. The largest absolute Gasteiger partial charge is 0.370 e. The van der Waals surface area contributed by atoms with Gasteiger partial charge in [0.15, 0.2) is 5.96 Å². The fraction of sp³-hybridized carbons (Fsp3) is 0.667. The van der Waals surface area contributed by atoms with Crippen LogP contribution in [0.4, 0.5) is 0 Å². The summed E-state index contributed by atoms with van der Waals surface area (Å²) >= 11 is 1.46. The fourth-order valence-corrected chi connectivity index (χ4v) is 11.1. The summed E-state index contributed by atoms with van der Waals surface area (Å²) in [6.07, 6.45) is 3.41. The van der Waals surface area contributed by atoms with E-state index in [2.05, 4.69) is 47.5 Å². The number of likely N-dealkylation sites (tertiary alicyclic amines) is 2. The quantitative estimate of drug-likeness (QED) is 0.0169. The number of rotatable bonds is 42. The highest BCUT2D eigenvalue weighted by molar-refractivity contribution is 7.98. The average molecular weight is 1310 g/mol. The van der Waals surface area contributed by atoms with E-state index < -0.39 is 169 Å². The Bertz CT molecular complexity index is 2700. The second-order valence-electron chi connectivity index (χ2n) is 24.1. The predicted molar refractivity (Wildman–Crippen MR) is 345 cm³/mol. The molecule has 31 nitrogen and oxygen atoms in total. The van der Waals surface area contributed by atoms with Crippen molar-refractivity contribution in [1.29, 1.82) is 0 Å². The number of thioether (sulfide) groups is 1. The van der Waals surface area contributed by atoms with E-state index >= 15 is 0 Å². The molecule has 1 aromatic carbocycles. The molecular weight excluding hydrogens is 1210 g/mol. The lowest BCUT2D eigenvalue weighted by Crippen LogP contribution is -2.60. The molecule has 1 aromatic rings. The molecule has 3 rings (SSSR count). The van der Waals surface area contributed by atoms with E-state index in [0.29, 0.717) is 49.8 Å². The zero-order valence-corrected chi connectivity index (χ0v) is 54.5. The lowest BCUT2D eigenvalue weighted by atomic mass is 10.0. The van der Waals surface area contributed by atoms with Crippen LogP contribution in [0.2, 0.25) is 0 Å². The highest BCUT2D eigenvalue weighted by Crippen LogP contribution is 2.24. The van der Waals surface area contributed by atoms with Crippen molar-refractivity contribution in [3.05, 3.63) is 35.9 Å². The number of nitrogens with zero attached hydrogens (tertiary/aromatic N) is 3. The Balaban J connectivity index is 1.86. The van der Waals surface area contributed by atoms with Gasteiger partial charge in [0.25, 0.3) is 0 Å². The maximum absolute atomic E-state index is 14.6. The maximum atomic E-state index is 14.6. The smallest absolute Gasteiger partial charge is 0.245 e. The van der Waals surface area contributed by atoms with E-state index in [1.165, 1.54) is 21.6 Å². The zero-order chi connectivity index (χ0) is 68.6. The minimum atomic E-state index is -1.62. The molecule has 92 heavy (non-hydrogen) atoms. The Kier molecular flexibility index (Phi) is 34.5. The van der Waals surface area contributed by atoms with Crippen LogP contribution in [0, 0.1) is 11.8 Å². The van der Waals surface area contributed by atoms with E-state index in [-0.39, 0.29) is 88.9 Å². The van der Waals surface area contributed by atoms with Crippen molar-refractivity contribution in [3.8, 4) is 0 Å². The summed E-state index contributed by atoms with van der Waals surface area (Å²) < 4.78 is 0. The minimum absolute atomic E-state index is 0.0483. The van der Waals surface area contributed by atoms with Gasteiger partial charge in [0.1, 0.15) is 54.4 Å². The van der Waals surface area contributed by atoms with Gasteiger partial charge in [-0.2, -0.15) is 11.8 Å². The Morgan fingerprint density at radius 2 is 1.04 bits per heavy atom. The molecule has 0 radical (unpaired) electrons. The van der Waals surface area contributed by atoms with Crippen LogP contribution in [0.1, 0.15) is 136 Å². The zero-order valence-electron chi connectivity index (χ0n) is 53.7. The number of nitrogens with one attached hydrogen (secondary N) is 8. The first-order valence-electron chi connectivity index (χ1n) is 31.5. The first-order chi connectivity index (χ1) is 43.6. The van der Waals surface area contributed by atoms with E-state index in [1.807, 2.05) is 20.1 Å². The Morgan fingerprint density at radius 1 is 0.554 bits per heavy atom. The van der Waals surface area contributed by atoms with Crippen molar-refractivity contribution >= 4 is 94.5 Å². The molecule has 514 valence electrons. The molecule has 13 amide bonds. The van der Waals surface area contributed by atoms with Crippen LogP contribution in [0.25, 0.3) is 0 Å². The van der Waals surface area contributed by atoms with Crippen LogP contribution < -0.4 is 82.7 Å². The third kappa shape index (κ3) is 27.8.